The molecule has 10 nitrogen and oxygen atoms in total. The number of thiophene rings is 1. The molecule has 2 aliphatic heterocycles. The number of carbonyl (C=O) groups is 2. The summed E-state index contributed by atoms with van der Waals surface area (Å²) in [5, 5.41) is 9.44. The summed E-state index contributed by atoms with van der Waals surface area (Å²) in [6.45, 7) is 1.63. The molecule has 1 atom stereocenters. The number of likely N-dealkylation sites (tertiary alicyclic amines) is 1. The van der Waals surface area contributed by atoms with Gasteiger partial charge in [0.1, 0.15) is 16.4 Å². The summed E-state index contributed by atoms with van der Waals surface area (Å²) in [6.07, 6.45) is 6.20. The minimum absolute atomic E-state index is 0.0649. The molecule has 1 fully saturated rings. The molecule has 38 heavy (non-hydrogen) atoms. The van der Waals surface area contributed by atoms with E-state index < -0.39 is 5.91 Å². The smallest absolute Gasteiger partial charge is 0.260 e. The zero-order chi connectivity index (χ0) is 26.4. The highest BCUT2D eigenvalue weighted by Crippen LogP contribution is 2.40. The molecule has 196 valence electrons. The van der Waals surface area contributed by atoms with Gasteiger partial charge in [-0.1, -0.05) is 0 Å². The number of nitrogens with zero attached hydrogens (tertiary/aromatic N) is 3. The van der Waals surface area contributed by atoms with Crippen LogP contribution in [0.4, 0.5) is 28.6 Å². The molecule has 2 amide bonds. The molecule has 0 radical (unpaired) electrons. The van der Waals surface area contributed by atoms with E-state index in [1.54, 1.807) is 19.5 Å². The van der Waals surface area contributed by atoms with Gasteiger partial charge in [-0.2, -0.15) is 0 Å². The SMILES string of the molecule is COc1cc2c(cc1Nc1cc3c(Nc4ccsc4C(N)=O)cncc3[nH]1)N(C(=O)[C@H]1CCCN1C)CC2. The van der Waals surface area contributed by atoms with Gasteiger partial charge in [-0.15, -0.1) is 11.3 Å². The number of primary amides is 1. The Hall–Kier alpha value is -4.09. The topological polar surface area (TPSA) is 129 Å². The number of fused-ring (bicyclic) bond motifs is 2. The van der Waals surface area contributed by atoms with E-state index in [4.69, 9.17) is 10.5 Å². The molecule has 0 unspecified atom stereocenters. The van der Waals surface area contributed by atoms with Crippen molar-refractivity contribution in [3.05, 3.63) is 52.5 Å². The van der Waals surface area contributed by atoms with Crippen molar-refractivity contribution in [1.82, 2.24) is 14.9 Å². The second-order valence-electron chi connectivity index (χ2n) is 9.67. The van der Waals surface area contributed by atoms with Gasteiger partial charge in [-0.05, 0) is 68.1 Å². The third kappa shape index (κ3) is 4.23. The molecule has 5 N–H and O–H groups in total. The monoisotopic (exact) mass is 531 g/mol. The second kappa shape index (κ2) is 9.66. The summed E-state index contributed by atoms with van der Waals surface area (Å²) in [7, 11) is 3.67. The molecular weight excluding hydrogens is 502 g/mol. The van der Waals surface area contributed by atoms with Crippen LogP contribution < -0.4 is 26.0 Å². The first-order valence-electron chi connectivity index (χ1n) is 12.5. The molecule has 5 heterocycles. The fraction of sp³-hybridized carbons (Fsp3) is 0.296. The molecule has 11 heteroatoms. The summed E-state index contributed by atoms with van der Waals surface area (Å²) in [4.78, 5) is 37.4. The molecule has 0 spiro atoms. The number of amides is 2. The van der Waals surface area contributed by atoms with E-state index in [2.05, 4.69) is 25.5 Å². The van der Waals surface area contributed by atoms with Crippen LogP contribution in [-0.4, -0.2) is 60.0 Å². The van der Waals surface area contributed by atoms with Crippen LogP contribution >= 0.6 is 11.3 Å². The van der Waals surface area contributed by atoms with E-state index in [1.165, 1.54) is 11.3 Å². The molecular formula is C27H29N7O3S. The average molecular weight is 532 g/mol. The number of ether oxygens (including phenoxy) is 1. The average Bonchev–Trinajstić information content (AvgIpc) is 3.69. The zero-order valence-electron chi connectivity index (χ0n) is 21.2. The maximum absolute atomic E-state index is 13.4. The first kappa shape index (κ1) is 24.3. The van der Waals surface area contributed by atoms with Crippen molar-refractivity contribution in [2.45, 2.75) is 25.3 Å². The lowest BCUT2D eigenvalue weighted by Crippen LogP contribution is -2.43. The first-order valence-corrected chi connectivity index (χ1v) is 13.4. The lowest BCUT2D eigenvalue weighted by Gasteiger charge is -2.26. The van der Waals surface area contributed by atoms with Crippen LogP contribution in [0.15, 0.2) is 42.0 Å². The number of likely N-dealkylation sites (N-methyl/N-ethyl adjacent to an activating group) is 1. The van der Waals surface area contributed by atoms with Gasteiger partial charge in [0.15, 0.2) is 0 Å². The lowest BCUT2D eigenvalue weighted by atomic mass is 10.1. The third-order valence-corrected chi connectivity index (χ3v) is 8.27. The number of nitrogens with two attached hydrogens (primary N) is 1. The standard InChI is InChI=1S/C27H29N7O3S/c1-33-7-3-4-21(33)27(36)34-8-5-15-10-23(37-2)18(12-22(15)34)31-24-11-16-19(13-29-14-20(16)32-24)30-17-6-9-38-25(17)26(28)35/h6,9-14,21,30-32H,3-5,7-8H2,1-2H3,(H2,28,35)/t21-/m1/s1. The van der Waals surface area contributed by atoms with Crippen molar-refractivity contribution in [3.63, 3.8) is 0 Å². The summed E-state index contributed by atoms with van der Waals surface area (Å²) in [5.74, 6) is 1.13. The van der Waals surface area contributed by atoms with Crippen LogP contribution in [-0.2, 0) is 11.2 Å². The van der Waals surface area contributed by atoms with Gasteiger partial charge in [0.05, 0.1) is 48.1 Å². The van der Waals surface area contributed by atoms with E-state index in [1.807, 2.05) is 41.6 Å². The quantitative estimate of drug-likeness (QED) is 0.281. The number of hydrogen-bond donors (Lipinski definition) is 4. The molecule has 3 aromatic heterocycles. The van der Waals surface area contributed by atoms with Crippen LogP contribution in [0.3, 0.4) is 0 Å². The molecule has 6 rings (SSSR count). The number of nitrogens with one attached hydrogen (secondary N) is 3. The predicted octanol–water partition coefficient (Wildman–Crippen LogP) is 4.20. The summed E-state index contributed by atoms with van der Waals surface area (Å²) in [6, 6.07) is 7.74. The van der Waals surface area contributed by atoms with Gasteiger partial charge in [-0.25, -0.2) is 0 Å². The van der Waals surface area contributed by atoms with E-state index in [0.717, 1.165) is 65.2 Å². The van der Waals surface area contributed by atoms with Crippen molar-refractivity contribution in [3.8, 4) is 5.75 Å². The van der Waals surface area contributed by atoms with E-state index in [0.29, 0.717) is 22.9 Å². The predicted molar refractivity (Wildman–Crippen MR) is 150 cm³/mol. The number of methoxy groups -OCH3 is 1. The van der Waals surface area contributed by atoms with E-state index >= 15 is 0 Å². The highest BCUT2D eigenvalue weighted by atomic mass is 32.1. The van der Waals surface area contributed by atoms with Gasteiger partial charge in [-0.3, -0.25) is 19.5 Å². The Morgan fingerprint density at radius 1 is 1.16 bits per heavy atom. The van der Waals surface area contributed by atoms with Crippen molar-refractivity contribution in [1.29, 1.82) is 0 Å². The highest BCUT2D eigenvalue weighted by molar-refractivity contribution is 7.12. The van der Waals surface area contributed by atoms with Crippen molar-refractivity contribution in [2.24, 2.45) is 5.73 Å². The molecule has 0 saturated carbocycles. The van der Waals surface area contributed by atoms with Crippen molar-refractivity contribution < 1.29 is 14.3 Å². The zero-order valence-corrected chi connectivity index (χ0v) is 22.0. The Morgan fingerprint density at radius 2 is 2.03 bits per heavy atom. The third-order valence-electron chi connectivity index (χ3n) is 7.34. The first-order chi connectivity index (χ1) is 18.4. The molecule has 2 aliphatic rings. The molecule has 0 bridgehead atoms. The van der Waals surface area contributed by atoms with Gasteiger partial charge in [0.25, 0.3) is 5.91 Å². The van der Waals surface area contributed by atoms with Crippen molar-refractivity contribution in [2.75, 3.05) is 42.8 Å². The maximum Gasteiger partial charge on any atom is 0.260 e. The van der Waals surface area contributed by atoms with Gasteiger partial charge < -0.3 is 31.0 Å². The number of rotatable bonds is 7. The second-order valence-corrected chi connectivity index (χ2v) is 10.6. The van der Waals surface area contributed by atoms with E-state index in [9.17, 15) is 9.59 Å². The Bertz CT molecular complexity index is 1540. The highest BCUT2D eigenvalue weighted by Gasteiger charge is 2.35. The number of hydrogen-bond acceptors (Lipinski definition) is 8. The number of pyridine rings is 1. The number of carbonyl (C=O) groups excluding carboxylic acids is 2. The number of anilines is 5. The Kier molecular flexibility index (Phi) is 6.16. The Balaban J connectivity index is 1.30. The number of H-pyrrole nitrogens is 1. The molecule has 4 aromatic rings. The lowest BCUT2D eigenvalue weighted by molar-refractivity contribution is -0.122. The van der Waals surface area contributed by atoms with Gasteiger partial charge in [0.2, 0.25) is 5.91 Å². The minimum atomic E-state index is -0.477. The minimum Gasteiger partial charge on any atom is -0.495 e. The van der Waals surface area contributed by atoms with Crippen LogP contribution in [0.25, 0.3) is 10.9 Å². The Morgan fingerprint density at radius 3 is 2.79 bits per heavy atom. The fourth-order valence-corrected chi connectivity index (χ4v) is 6.12. The fourth-order valence-electron chi connectivity index (χ4n) is 5.42. The summed E-state index contributed by atoms with van der Waals surface area (Å²) in [5.41, 5.74) is 10.5. The molecule has 0 aliphatic carbocycles. The molecule has 1 aromatic carbocycles. The number of benzene rings is 1. The van der Waals surface area contributed by atoms with Gasteiger partial charge in [0, 0.05) is 17.6 Å². The van der Waals surface area contributed by atoms with Gasteiger partial charge >= 0.3 is 0 Å². The normalized spacial score (nSPS) is 17.1. The van der Waals surface area contributed by atoms with Crippen LogP contribution in [0.5, 0.6) is 5.75 Å². The number of aromatic amines is 1. The largest absolute Gasteiger partial charge is 0.495 e. The number of aromatic nitrogens is 2. The van der Waals surface area contributed by atoms with Crippen LogP contribution in [0.1, 0.15) is 28.1 Å². The summed E-state index contributed by atoms with van der Waals surface area (Å²) >= 11 is 1.29. The Labute approximate surface area is 223 Å². The van der Waals surface area contributed by atoms with Crippen LogP contribution in [0, 0.1) is 0 Å². The maximum atomic E-state index is 13.4. The van der Waals surface area contributed by atoms with Crippen LogP contribution in [0.2, 0.25) is 0 Å². The van der Waals surface area contributed by atoms with E-state index in [-0.39, 0.29) is 11.9 Å². The molecule has 1 saturated heterocycles. The van der Waals surface area contributed by atoms with Crippen molar-refractivity contribution >= 4 is 62.6 Å². The summed E-state index contributed by atoms with van der Waals surface area (Å²) < 4.78 is 5.70.